The third-order valence-corrected chi connectivity index (χ3v) is 3.75. The Bertz CT molecular complexity index is 727. The minimum Gasteiger partial charge on any atom is -0.491 e. The van der Waals surface area contributed by atoms with Gasteiger partial charge in [0, 0.05) is 10.4 Å². The number of fused-ring (bicyclic) bond motifs is 1. The maximum absolute atomic E-state index is 6.09. The van der Waals surface area contributed by atoms with Crippen LogP contribution in [0.25, 0.3) is 16.7 Å². The third kappa shape index (κ3) is 3.19. The maximum Gasteiger partial charge on any atom is 0.146 e. The van der Waals surface area contributed by atoms with Crippen LogP contribution < -0.4 is 4.74 Å². The highest BCUT2D eigenvalue weighted by Crippen LogP contribution is 2.26. The van der Waals surface area contributed by atoms with Gasteiger partial charge in [0.1, 0.15) is 22.5 Å². The molecule has 0 radical (unpaired) electrons. The molecule has 4 nitrogen and oxygen atoms in total. The van der Waals surface area contributed by atoms with Crippen molar-refractivity contribution in [2.45, 2.75) is 6.42 Å². The lowest BCUT2D eigenvalue weighted by Crippen LogP contribution is -2.05. The smallest absolute Gasteiger partial charge is 0.146 e. The number of hydrogen-bond acceptors (Lipinski definition) is 3. The molecule has 0 unspecified atom stereocenters. The molecule has 0 saturated carbocycles. The van der Waals surface area contributed by atoms with Gasteiger partial charge in [0.15, 0.2) is 0 Å². The molecule has 0 N–H and O–H groups in total. The predicted molar refractivity (Wildman–Crippen MR) is 87.8 cm³/mol. The lowest BCUT2D eigenvalue weighted by atomic mass is 10.3. The molecule has 0 aliphatic rings. The molecular weight excluding hydrogens is 354 g/mol. The van der Waals surface area contributed by atoms with E-state index in [1.165, 1.54) is 0 Å². The Morgan fingerprint density at radius 2 is 1.81 bits per heavy atom. The van der Waals surface area contributed by atoms with Crippen LogP contribution in [0, 0.1) is 0 Å². The minimum absolute atomic E-state index is 0.624. The number of halogens is 2. The molecule has 0 amide bonds. The zero-order valence-electron chi connectivity index (χ0n) is 11.2. The summed E-state index contributed by atoms with van der Waals surface area (Å²) in [5.41, 5.74) is 2.42. The van der Waals surface area contributed by atoms with Gasteiger partial charge < -0.3 is 4.74 Å². The standard InChI is InChI=1S/C15H13BrClN3O/c16-8-3-9-21-15-7-6-11(17)10-14(15)20-18-12-4-1-2-5-13(12)19-20/h1-2,4-7,10H,3,8-9H2. The van der Waals surface area contributed by atoms with Crippen LogP contribution >= 0.6 is 27.5 Å². The molecule has 0 spiro atoms. The van der Waals surface area contributed by atoms with Crippen molar-refractivity contribution in [1.82, 2.24) is 15.0 Å². The molecular formula is C15H13BrClN3O. The Balaban J connectivity index is 2.00. The largest absolute Gasteiger partial charge is 0.491 e. The number of hydrogen-bond donors (Lipinski definition) is 0. The summed E-state index contributed by atoms with van der Waals surface area (Å²) in [6, 6.07) is 13.2. The maximum atomic E-state index is 6.09. The van der Waals surface area contributed by atoms with Crippen molar-refractivity contribution in [2.75, 3.05) is 11.9 Å². The molecule has 0 fully saturated rings. The highest BCUT2D eigenvalue weighted by atomic mass is 79.9. The highest BCUT2D eigenvalue weighted by Gasteiger charge is 2.11. The van der Waals surface area contributed by atoms with E-state index < -0.39 is 0 Å². The van der Waals surface area contributed by atoms with Gasteiger partial charge in [-0.15, -0.1) is 15.0 Å². The summed E-state index contributed by atoms with van der Waals surface area (Å²) in [6.45, 7) is 0.626. The van der Waals surface area contributed by atoms with Crippen molar-refractivity contribution in [1.29, 1.82) is 0 Å². The molecule has 2 aromatic carbocycles. The normalized spacial score (nSPS) is 11.0. The molecule has 0 atom stereocenters. The Labute approximate surface area is 135 Å². The fraction of sp³-hybridized carbons (Fsp3) is 0.200. The second kappa shape index (κ2) is 6.45. The SMILES string of the molecule is Clc1ccc(OCCCBr)c(-n2nc3ccccc3n2)c1. The summed E-state index contributed by atoms with van der Waals surface area (Å²) in [7, 11) is 0. The summed E-state index contributed by atoms with van der Waals surface area (Å²) in [5, 5.41) is 10.5. The molecule has 3 aromatic rings. The lowest BCUT2D eigenvalue weighted by molar-refractivity contribution is 0.317. The van der Waals surface area contributed by atoms with E-state index in [-0.39, 0.29) is 0 Å². The Kier molecular flexibility index (Phi) is 4.41. The van der Waals surface area contributed by atoms with Gasteiger partial charge >= 0.3 is 0 Å². The second-order valence-corrected chi connectivity index (χ2v) is 5.71. The fourth-order valence-electron chi connectivity index (χ4n) is 1.97. The molecule has 21 heavy (non-hydrogen) atoms. The van der Waals surface area contributed by atoms with E-state index in [0.29, 0.717) is 11.6 Å². The number of ether oxygens (including phenoxy) is 1. The molecule has 3 rings (SSSR count). The van der Waals surface area contributed by atoms with Gasteiger partial charge in [0.2, 0.25) is 0 Å². The predicted octanol–water partition coefficient (Wildman–Crippen LogP) is 4.24. The van der Waals surface area contributed by atoms with E-state index in [1.807, 2.05) is 36.4 Å². The van der Waals surface area contributed by atoms with Crippen molar-refractivity contribution < 1.29 is 4.74 Å². The number of benzene rings is 2. The van der Waals surface area contributed by atoms with Gasteiger partial charge in [-0.25, -0.2) is 0 Å². The average molecular weight is 367 g/mol. The molecule has 0 saturated heterocycles. The third-order valence-electron chi connectivity index (χ3n) is 2.96. The molecule has 6 heteroatoms. The van der Waals surface area contributed by atoms with Gasteiger partial charge in [0.25, 0.3) is 0 Å². The van der Waals surface area contributed by atoms with Crippen molar-refractivity contribution in [3.05, 3.63) is 47.5 Å². The number of nitrogens with zero attached hydrogens (tertiary/aromatic N) is 3. The minimum atomic E-state index is 0.624. The van der Waals surface area contributed by atoms with Crippen molar-refractivity contribution in [2.24, 2.45) is 0 Å². The van der Waals surface area contributed by atoms with Crippen LogP contribution in [-0.2, 0) is 0 Å². The first-order chi connectivity index (χ1) is 10.3. The molecule has 1 heterocycles. The lowest BCUT2D eigenvalue weighted by Gasteiger charge is -2.10. The quantitative estimate of drug-likeness (QED) is 0.501. The van der Waals surface area contributed by atoms with E-state index in [9.17, 15) is 0 Å². The summed E-state index contributed by atoms with van der Waals surface area (Å²) < 4.78 is 5.79. The Hall–Kier alpha value is -1.59. The number of aromatic nitrogens is 3. The summed E-state index contributed by atoms with van der Waals surface area (Å²) in [4.78, 5) is 1.57. The topological polar surface area (TPSA) is 39.9 Å². The van der Waals surface area contributed by atoms with Crippen LogP contribution in [0.4, 0.5) is 0 Å². The van der Waals surface area contributed by atoms with Gasteiger partial charge in [0.05, 0.1) is 6.61 Å². The Morgan fingerprint density at radius 1 is 1.10 bits per heavy atom. The monoisotopic (exact) mass is 365 g/mol. The van der Waals surface area contributed by atoms with Crippen LogP contribution in [-0.4, -0.2) is 26.9 Å². The van der Waals surface area contributed by atoms with Crippen LogP contribution in [0.1, 0.15) is 6.42 Å². The average Bonchev–Trinajstić information content (AvgIpc) is 2.92. The Morgan fingerprint density at radius 3 is 2.48 bits per heavy atom. The van der Waals surface area contributed by atoms with Crippen molar-refractivity contribution in [3.8, 4) is 11.4 Å². The summed E-state index contributed by atoms with van der Waals surface area (Å²) >= 11 is 9.49. The molecule has 1 aromatic heterocycles. The zero-order chi connectivity index (χ0) is 14.7. The second-order valence-electron chi connectivity index (χ2n) is 4.48. The first-order valence-electron chi connectivity index (χ1n) is 6.59. The van der Waals surface area contributed by atoms with Crippen LogP contribution in [0.2, 0.25) is 5.02 Å². The molecule has 0 bridgehead atoms. The van der Waals surface area contributed by atoms with Crippen LogP contribution in [0.3, 0.4) is 0 Å². The van der Waals surface area contributed by atoms with E-state index in [1.54, 1.807) is 10.9 Å². The first kappa shape index (κ1) is 14.4. The number of alkyl halides is 1. The highest BCUT2D eigenvalue weighted by molar-refractivity contribution is 9.09. The van der Waals surface area contributed by atoms with Crippen LogP contribution in [0.5, 0.6) is 5.75 Å². The van der Waals surface area contributed by atoms with E-state index >= 15 is 0 Å². The zero-order valence-corrected chi connectivity index (χ0v) is 13.5. The molecule has 0 aliphatic carbocycles. The van der Waals surface area contributed by atoms with Crippen LogP contribution in [0.15, 0.2) is 42.5 Å². The van der Waals surface area contributed by atoms with Gasteiger partial charge in [-0.1, -0.05) is 39.7 Å². The summed E-state index contributed by atoms with van der Waals surface area (Å²) in [5.74, 6) is 0.723. The van der Waals surface area contributed by atoms with E-state index in [0.717, 1.165) is 34.2 Å². The van der Waals surface area contributed by atoms with Crippen molar-refractivity contribution in [3.63, 3.8) is 0 Å². The van der Waals surface area contributed by atoms with E-state index in [4.69, 9.17) is 16.3 Å². The van der Waals surface area contributed by atoms with Gasteiger partial charge in [-0.2, -0.15) is 0 Å². The number of rotatable bonds is 5. The molecule has 108 valence electrons. The van der Waals surface area contributed by atoms with E-state index in [2.05, 4.69) is 26.1 Å². The molecule has 0 aliphatic heterocycles. The van der Waals surface area contributed by atoms with Gasteiger partial charge in [-0.3, -0.25) is 0 Å². The van der Waals surface area contributed by atoms with Gasteiger partial charge in [-0.05, 0) is 36.8 Å². The first-order valence-corrected chi connectivity index (χ1v) is 8.08. The summed E-state index contributed by atoms with van der Waals surface area (Å²) in [6.07, 6.45) is 0.927. The fourth-order valence-corrected chi connectivity index (χ4v) is 2.37. The van der Waals surface area contributed by atoms with Crippen molar-refractivity contribution >= 4 is 38.6 Å².